The van der Waals surface area contributed by atoms with Gasteiger partial charge in [0.15, 0.2) is 0 Å². The first-order chi connectivity index (χ1) is 7.63. The van der Waals surface area contributed by atoms with Gasteiger partial charge in [-0.2, -0.15) is 0 Å². The molecular formula is C10H14N2O4. The van der Waals surface area contributed by atoms with Crippen molar-refractivity contribution in [2.24, 2.45) is 0 Å². The lowest BCUT2D eigenvalue weighted by Gasteiger charge is -2.10. The van der Waals surface area contributed by atoms with Gasteiger partial charge in [0.05, 0.1) is 12.7 Å². The Morgan fingerprint density at radius 3 is 3.06 bits per heavy atom. The highest BCUT2D eigenvalue weighted by molar-refractivity contribution is 5.93. The maximum Gasteiger partial charge on any atom is 0.251 e. The number of hydrogen-bond acceptors (Lipinski definition) is 4. The molecule has 1 aromatic rings. The molecule has 0 fully saturated rings. The predicted octanol–water partition coefficient (Wildman–Crippen LogP) is -0.888. The van der Waals surface area contributed by atoms with E-state index < -0.39 is 12.0 Å². The highest BCUT2D eigenvalue weighted by Crippen LogP contribution is 1.92. The third-order valence-electron chi connectivity index (χ3n) is 1.89. The van der Waals surface area contributed by atoms with Gasteiger partial charge in [0.1, 0.15) is 0 Å². The van der Waals surface area contributed by atoms with Crippen LogP contribution >= 0.6 is 0 Å². The van der Waals surface area contributed by atoms with Gasteiger partial charge in [-0.1, -0.05) is 0 Å². The Balaban J connectivity index is 2.50. The fourth-order valence-corrected chi connectivity index (χ4v) is 1.15. The number of rotatable bonds is 5. The molecule has 0 aliphatic heterocycles. The van der Waals surface area contributed by atoms with E-state index in [1.54, 1.807) is 0 Å². The zero-order chi connectivity index (χ0) is 12.0. The van der Waals surface area contributed by atoms with Gasteiger partial charge in [0.2, 0.25) is 5.56 Å². The van der Waals surface area contributed by atoms with Gasteiger partial charge >= 0.3 is 0 Å². The molecule has 0 spiro atoms. The lowest BCUT2D eigenvalue weighted by atomic mass is 10.2. The predicted molar refractivity (Wildman–Crippen MR) is 57.3 cm³/mol. The maximum atomic E-state index is 11.5. The zero-order valence-electron chi connectivity index (χ0n) is 8.90. The first-order valence-corrected chi connectivity index (χ1v) is 4.77. The fourth-order valence-electron chi connectivity index (χ4n) is 1.15. The molecule has 1 atom stereocenters. The van der Waals surface area contributed by atoms with Crippen molar-refractivity contribution in [3.05, 3.63) is 34.2 Å². The largest absolute Gasteiger partial charge is 0.389 e. The first-order valence-electron chi connectivity index (χ1n) is 4.77. The van der Waals surface area contributed by atoms with Crippen LogP contribution in [-0.4, -0.2) is 42.4 Å². The molecule has 0 bridgehead atoms. The van der Waals surface area contributed by atoms with Crippen LogP contribution in [0.25, 0.3) is 0 Å². The Kier molecular flexibility index (Phi) is 4.68. The topological polar surface area (TPSA) is 91.4 Å². The Bertz CT molecular complexity index is 402. The molecule has 1 heterocycles. The van der Waals surface area contributed by atoms with Crippen LogP contribution in [0.4, 0.5) is 0 Å². The van der Waals surface area contributed by atoms with Crippen LogP contribution in [0.15, 0.2) is 23.1 Å². The Morgan fingerprint density at radius 1 is 1.69 bits per heavy atom. The second-order valence-corrected chi connectivity index (χ2v) is 3.26. The van der Waals surface area contributed by atoms with Gasteiger partial charge in [-0.05, 0) is 6.07 Å². The summed E-state index contributed by atoms with van der Waals surface area (Å²) in [6.45, 7) is 0.231. The number of carbonyl (C=O) groups is 1. The molecule has 6 heteroatoms. The highest BCUT2D eigenvalue weighted by Gasteiger charge is 2.08. The molecule has 0 saturated carbocycles. The van der Waals surface area contributed by atoms with Crippen LogP contribution < -0.4 is 10.9 Å². The summed E-state index contributed by atoms with van der Waals surface area (Å²) in [5.41, 5.74) is -0.0848. The van der Waals surface area contributed by atoms with Gasteiger partial charge in [-0.3, -0.25) is 9.59 Å². The molecule has 3 N–H and O–H groups in total. The van der Waals surface area contributed by atoms with E-state index in [1.807, 2.05) is 0 Å². The average molecular weight is 226 g/mol. The summed E-state index contributed by atoms with van der Waals surface area (Å²) in [4.78, 5) is 24.8. The SMILES string of the molecule is COCC(O)CNC(=O)c1cc[nH]c(=O)c1. The van der Waals surface area contributed by atoms with Crippen molar-refractivity contribution in [2.45, 2.75) is 6.10 Å². The Hall–Kier alpha value is -1.66. The standard InChI is InChI=1S/C10H14N2O4/c1-16-6-8(13)5-12-10(15)7-2-3-11-9(14)4-7/h2-4,8,13H,5-6H2,1H3,(H,11,14)(H,12,15). The fraction of sp³-hybridized carbons (Fsp3) is 0.400. The number of aromatic amines is 1. The number of nitrogens with one attached hydrogen (secondary N) is 2. The molecule has 1 rings (SSSR count). The van der Waals surface area contributed by atoms with Crippen molar-refractivity contribution < 1.29 is 14.6 Å². The Morgan fingerprint density at radius 2 is 2.44 bits per heavy atom. The number of H-pyrrole nitrogens is 1. The zero-order valence-corrected chi connectivity index (χ0v) is 8.90. The first kappa shape index (κ1) is 12.4. The molecule has 0 aliphatic rings. The summed E-state index contributed by atoms with van der Waals surface area (Å²) >= 11 is 0. The van der Waals surface area contributed by atoms with E-state index in [9.17, 15) is 14.7 Å². The number of aliphatic hydroxyl groups excluding tert-OH is 1. The van der Waals surface area contributed by atoms with E-state index in [-0.39, 0.29) is 24.3 Å². The molecule has 1 aromatic heterocycles. The van der Waals surface area contributed by atoms with Crippen LogP contribution in [-0.2, 0) is 4.74 Å². The van der Waals surface area contributed by atoms with Gasteiger partial charge in [0.25, 0.3) is 5.91 Å². The molecule has 16 heavy (non-hydrogen) atoms. The molecule has 88 valence electrons. The number of carbonyl (C=O) groups excluding carboxylic acids is 1. The van der Waals surface area contributed by atoms with E-state index >= 15 is 0 Å². The average Bonchev–Trinajstić information content (AvgIpc) is 2.26. The van der Waals surface area contributed by atoms with Crippen LogP contribution in [0.5, 0.6) is 0 Å². The van der Waals surface area contributed by atoms with Gasteiger partial charge < -0.3 is 20.1 Å². The summed E-state index contributed by atoms with van der Waals surface area (Å²) in [5, 5.41) is 11.8. The lowest BCUT2D eigenvalue weighted by molar-refractivity contribution is 0.0610. The van der Waals surface area contributed by atoms with Crippen molar-refractivity contribution in [3.8, 4) is 0 Å². The van der Waals surface area contributed by atoms with E-state index in [4.69, 9.17) is 4.74 Å². The normalized spacial score (nSPS) is 12.1. The van der Waals surface area contributed by atoms with Crippen molar-refractivity contribution in [3.63, 3.8) is 0 Å². The van der Waals surface area contributed by atoms with E-state index in [2.05, 4.69) is 10.3 Å². The summed E-state index contributed by atoms with van der Waals surface area (Å²) in [6.07, 6.45) is 0.638. The monoisotopic (exact) mass is 226 g/mol. The molecular weight excluding hydrogens is 212 g/mol. The summed E-state index contributed by atoms with van der Waals surface area (Å²) < 4.78 is 4.70. The number of ether oxygens (including phenoxy) is 1. The van der Waals surface area contributed by atoms with Gasteiger partial charge in [0, 0.05) is 31.5 Å². The van der Waals surface area contributed by atoms with Crippen molar-refractivity contribution in [1.82, 2.24) is 10.3 Å². The second-order valence-electron chi connectivity index (χ2n) is 3.26. The van der Waals surface area contributed by atoms with Crippen molar-refractivity contribution in [1.29, 1.82) is 0 Å². The second kappa shape index (κ2) is 6.04. The van der Waals surface area contributed by atoms with Crippen molar-refractivity contribution >= 4 is 5.91 Å². The number of methoxy groups -OCH3 is 1. The number of pyridine rings is 1. The van der Waals surface area contributed by atoms with Crippen LogP contribution in [0.3, 0.4) is 0 Å². The summed E-state index contributed by atoms with van der Waals surface area (Å²) in [5.74, 6) is -0.402. The van der Waals surface area contributed by atoms with Crippen LogP contribution in [0, 0.1) is 0 Å². The Labute approximate surface area is 92.3 Å². The highest BCUT2D eigenvalue weighted by atomic mass is 16.5. The molecule has 0 aliphatic carbocycles. The number of hydrogen-bond donors (Lipinski definition) is 3. The van der Waals surface area contributed by atoms with Crippen LogP contribution in [0.2, 0.25) is 0 Å². The molecule has 0 saturated heterocycles. The third-order valence-corrected chi connectivity index (χ3v) is 1.89. The summed E-state index contributed by atoms with van der Waals surface area (Å²) in [7, 11) is 1.46. The molecule has 6 nitrogen and oxygen atoms in total. The van der Waals surface area contributed by atoms with Crippen LogP contribution in [0.1, 0.15) is 10.4 Å². The quantitative estimate of drug-likeness (QED) is 0.607. The number of aromatic nitrogens is 1. The van der Waals surface area contributed by atoms with E-state index in [1.165, 1.54) is 25.4 Å². The molecule has 0 radical (unpaired) electrons. The van der Waals surface area contributed by atoms with E-state index in [0.717, 1.165) is 0 Å². The lowest BCUT2D eigenvalue weighted by Crippen LogP contribution is -2.34. The van der Waals surface area contributed by atoms with Gasteiger partial charge in [-0.15, -0.1) is 0 Å². The van der Waals surface area contributed by atoms with Gasteiger partial charge in [-0.25, -0.2) is 0 Å². The molecule has 0 aromatic carbocycles. The molecule has 1 amide bonds. The minimum Gasteiger partial charge on any atom is -0.389 e. The molecule has 1 unspecified atom stereocenters. The van der Waals surface area contributed by atoms with E-state index in [0.29, 0.717) is 0 Å². The third kappa shape index (κ3) is 3.84. The number of aliphatic hydroxyl groups is 1. The minimum absolute atomic E-state index is 0.0828. The van der Waals surface area contributed by atoms with Crippen molar-refractivity contribution in [2.75, 3.05) is 20.3 Å². The number of amides is 1. The smallest absolute Gasteiger partial charge is 0.251 e. The minimum atomic E-state index is -0.754. The summed E-state index contributed by atoms with van der Waals surface area (Å²) in [6, 6.07) is 2.68. The maximum absolute atomic E-state index is 11.5.